The molecule has 1 aliphatic heterocycles. The molecule has 1 fully saturated rings. The highest BCUT2D eigenvalue weighted by molar-refractivity contribution is 9.10. The van der Waals surface area contributed by atoms with Gasteiger partial charge in [0.2, 0.25) is 0 Å². The smallest absolute Gasteiger partial charge is 0.379 e. The van der Waals surface area contributed by atoms with E-state index in [1.165, 1.54) is 17.0 Å². The fourth-order valence-electron chi connectivity index (χ4n) is 4.04. The van der Waals surface area contributed by atoms with E-state index < -0.39 is 17.4 Å². The van der Waals surface area contributed by atoms with E-state index in [2.05, 4.69) is 26.1 Å². The second-order valence-corrected chi connectivity index (χ2v) is 8.88. The van der Waals surface area contributed by atoms with Crippen molar-refractivity contribution < 1.29 is 17.9 Å². The molecule has 7 nitrogen and oxygen atoms in total. The zero-order valence-electron chi connectivity index (χ0n) is 16.8. The van der Waals surface area contributed by atoms with E-state index in [1.807, 2.05) is 23.7 Å². The fraction of sp³-hybridized carbons (Fsp3) is 0.286. The number of pyridine rings is 1. The Morgan fingerprint density at radius 1 is 1.22 bits per heavy atom. The minimum absolute atomic E-state index is 0.167. The number of fused-ring (bicyclic) bond motifs is 1. The van der Waals surface area contributed by atoms with Crippen molar-refractivity contribution >= 4 is 21.4 Å². The molecule has 0 bridgehead atoms. The number of imidazole rings is 1. The number of hydrogen-bond donors (Lipinski definition) is 0. The second kappa shape index (κ2) is 7.31. The van der Waals surface area contributed by atoms with Crippen LogP contribution in [-0.2, 0) is 29.8 Å². The first-order chi connectivity index (χ1) is 15.2. The predicted octanol–water partition coefficient (Wildman–Crippen LogP) is 3.51. The van der Waals surface area contributed by atoms with Crippen molar-refractivity contribution in [2.45, 2.75) is 18.0 Å². The van der Waals surface area contributed by atoms with Crippen LogP contribution in [0, 0.1) is 0 Å². The monoisotopic (exact) mass is 507 g/mol. The maximum Gasteiger partial charge on any atom is 0.418 e. The van der Waals surface area contributed by atoms with Gasteiger partial charge in [-0.25, -0.2) is 4.79 Å². The minimum Gasteiger partial charge on any atom is -0.379 e. The summed E-state index contributed by atoms with van der Waals surface area (Å²) in [7, 11) is 1.86. The van der Waals surface area contributed by atoms with E-state index in [4.69, 9.17) is 4.74 Å². The Balaban J connectivity index is 1.61. The van der Waals surface area contributed by atoms with Crippen molar-refractivity contribution in [2.75, 3.05) is 13.2 Å². The van der Waals surface area contributed by atoms with Gasteiger partial charge in [0.15, 0.2) is 0 Å². The molecule has 0 unspecified atom stereocenters. The summed E-state index contributed by atoms with van der Waals surface area (Å²) in [4.78, 5) is 13.0. The molecular formula is C21H17BrF3N5O2. The molecule has 5 rings (SSSR count). The molecule has 1 aromatic carbocycles. The molecule has 0 amide bonds. The lowest BCUT2D eigenvalue weighted by Crippen LogP contribution is -2.49. The normalized spacial score (nSPS) is 15.8. The molecule has 166 valence electrons. The Kier molecular flexibility index (Phi) is 4.79. The Hall–Kier alpha value is -2.92. The molecule has 32 heavy (non-hydrogen) atoms. The van der Waals surface area contributed by atoms with E-state index in [9.17, 15) is 18.0 Å². The summed E-state index contributed by atoms with van der Waals surface area (Å²) in [6, 6.07) is 8.21. The first-order valence-corrected chi connectivity index (χ1v) is 10.5. The van der Waals surface area contributed by atoms with Crippen LogP contribution in [0.1, 0.15) is 17.0 Å². The molecule has 1 aliphatic rings. The number of halogens is 4. The fourth-order valence-corrected chi connectivity index (χ4v) is 4.48. The average molecular weight is 508 g/mol. The summed E-state index contributed by atoms with van der Waals surface area (Å²) < 4.78 is 50.4. The number of hydrogen-bond acceptors (Lipinski definition) is 4. The van der Waals surface area contributed by atoms with Crippen LogP contribution in [0.4, 0.5) is 13.2 Å². The van der Waals surface area contributed by atoms with Crippen molar-refractivity contribution in [3.05, 3.63) is 81.0 Å². The van der Waals surface area contributed by atoms with Crippen LogP contribution < -0.4 is 5.69 Å². The minimum atomic E-state index is -4.60. The lowest BCUT2D eigenvalue weighted by Gasteiger charge is -2.41. The number of rotatable bonds is 4. The van der Waals surface area contributed by atoms with E-state index in [-0.39, 0.29) is 15.4 Å². The third kappa shape index (κ3) is 3.36. The van der Waals surface area contributed by atoms with E-state index >= 15 is 0 Å². The molecule has 0 saturated carbocycles. The molecule has 0 radical (unpaired) electrons. The van der Waals surface area contributed by atoms with Crippen LogP contribution in [0.15, 0.2) is 58.3 Å². The number of alkyl halides is 3. The number of benzene rings is 1. The van der Waals surface area contributed by atoms with Gasteiger partial charge in [0, 0.05) is 35.7 Å². The van der Waals surface area contributed by atoms with Crippen molar-refractivity contribution in [2.24, 2.45) is 7.05 Å². The SMILES string of the molecule is Cn1cnnc1CC1(c2cccc(-n3cc4c(C(F)(F)F)cc(Br)cn4c3=O)c2)COC1. The van der Waals surface area contributed by atoms with Crippen molar-refractivity contribution in [1.82, 2.24) is 23.7 Å². The number of aryl methyl sites for hydroxylation is 1. The summed E-state index contributed by atoms with van der Waals surface area (Å²) in [6.45, 7) is 0.947. The van der Waals surface area contributed by atoms with Crippen LogP contribution in [-0.4, -0.2) is 36.9 Å². The van der Waals surface area contributed by atoms with Crippen molar-refractivity contribution in [1.29, 1.82) is 0 Å². The molecule has 0 N–H and O–H groups in total. The molecule has 4 heterocycles. The molecule has 0 aliphatic carbocycles. The first kappa shape index (κ1) is 21.0. The Bertz CT molecular complexity index is 1380. The second-order valence-electron chi connectivity index (χ2n) is 7.96. The van der Waals surface area contributed by atoms with E-state index in [0.717, 1.165) is 21.9 Å². The molecule has 3 aromatic heterocycles. The summed E-state index contributed by atoms with van der Waals surface area (Å²) in [6.07, 6.45) is 0.178. The maximum atomic E-state index is 13.6. The van der Waals surface area contributed by atoms with Gasteiger partial charge in [-0.2, -0.15) is 13.2 Å². The first-order valence-electron chi connectivity index (χ1n) is 9.70. The summed E-state index contributed by atoms with van der Waals surface area (Å²) >= 11 is 3.07. The van der Waals surface area contributed by atoms with Gasteiger partial charge >= 0.3 is 11.9 Å². The lowest BCUT2D eigenvalue weighted by atomic mass is 9.75. The van der Waals surface area contributed by atoms with Crippen LogP contribution in [0.3, 0.4) is 0 Å². The van der Waals surface area contributed by atoms with Gasteiger partial charge in [-0.3, -0.25) is 8.97 Å². The van der Waals surface area contributed by atoms with Gasteiger partial charge in [0.05, 0.1) is 30.0 Å². The van der Waals surface area contributed by atoms with Crippen LogP contribution >= 0.6 is 15.9 Å². The molecule has 0 atom stereocenters. The summed E-state index contributed by atoms with van der Waals surface area (Å²) in [5.74, 6) is 0.796. The summed E-state index contributed by atoms with van der Waals surface area (Å²) in [5, 5.41) is 8.08. The van der Waals surface area contributed by atoms with Crippen molar-refractivity contribution in [3.8, 4) is 5.69 Å². The van der Waals surface area contributed by atoms with Crippen LogP contribution in [0.2, 0.25) is 0 Å². The molecule has 4 aromatic rings. The highest BCUT2D eigenvalue weighted by Gasteiger charge is 2.42. The predicted molar refractivity (Wildman–Crippen MR) is 113 cm³/mol. The topological polar surface area (TPSA) is 66.3 Å². The van der Waals surface area contributed by atoms with Gasteiger partial charge in [-0.05, 0) is 39.7 Å². The lowest BCUT2D eigenvalue weighted by molar-refractivity contribution is -0.136. The van der Waals surface area contributed by atoms with Gasteiger partial charge in [0.1, 0.15) is 12.2 Å². The highest BCUT2D eigenvalue weighted by Crippen LogP contribution is 2.37. The van der Waals surface area contributed by atoms with Crippen LogP contribution in [0.25, 0.3) is 11.2 Å². The van der Waals surface area contributed by atoms with Gasteiger partial charge < -0.3 is 9.30 Å². The third-order valence-corrected chi connectivity index (χ3v) is 6.27. The number of nitrogens with zero attached hydrogens (tertiary/aromatic N) is 5. The molecule has 1 saturated heterocycles. The average Bonchev–Trinajstić information content (AvgIpc) is 3.26. The maximum absolute atomic E-state index is 13.6. The van der Waals surface area contributed by atoms with Gasteiger partial charge in [-0.15, -0.1) is 10.2 Å². The van der Waals surface area contributed by atoms with E-state index in [1.54, 1.807) is 18.5 Å². The van der Waals surface area contributed by atoms with Crippen LogP contribution in [0.5, 0.6) is 0 Å². The van der Waals surface area contributed by atoms with E-state index in [0.29, 0.717) is 25.3 Å². The Morgan fingerprint density at radius 3 is 2.62 bits per heavy atom. The molecule has 0 spiro atoms. The third-order valence-electron chi connectivity index (χ3n) is 5.83. The molecule has 11 heteroatoms. The Morgan fingerprint density at radius 2 is 2.00 bits per heavy atom. The number of ether oxygens (including phenoxy) is 1. The van der Waals surface area contributed by atoms with Gasteiger partial charge in [0.25, 0.3) is 0 Å². The Labute approximate surface area is 188 Å². The largest absolute Gasteiger partial charge is 0.418 e. The quantitative estimate of drug-likeness (QED) is 0.424. The van der Waals surface area contributed by atoms with Crippen molar-refractivity contribution in [3.63, 3.8) is 0 Å². The zero-order chi connectivity index (χ0) is 22.7. The molecular weight excluding hydrogens is 491 g/mol. The van der Waals surface area contributed by atoms with Gasteiger partial charge in [-0.1, -0.05) is 12.1 Å². The summed E-state index contributed by atoms with van der Waals surface area (Å²) in [5.41, 5.74) is -0.633. The zero-order valence-corrected chi connectivity index (χ0v) is 18.4. The standard InChI is InChI=1S/C21H17BrF3N5O2/c1-28-12-26-27-18(28)7-20(10-32-11-20)13-3-2-4-15(5-13)29-9-17-16(21(23,24)25)6-14(22)8-30(17)19(29)31/h2-6,8-9,12H,7,10-11H2,1H3. The number of aromatic nitrogens is 5. The highest BCUT2D eigenvalue weighted by atomic mass is 79.9.